The second-order valence-corrected chi connectivity index (χ2v) is 4.97. The van der Waals surface area contributed by atoms with Gasteiger partial charge in [0.15, 0.2) is 0 Å². The third-order valence-corrected chi connectivity index (χ3v) is 2.79. The topological polar surface area (TPSA) is 29.1 Å². The summed E-state index contributed by atoms with van der Waals surface area (Å²) in [7, 11) is 0. The van der Waals surface area contributed by atoms with Crippen LogP contribution in [0.3, 0.4) is 0 Å². The van der Waals surface area contributed by atoms with Crippen LogP contribution in [0.15, 0.2) is 24.3 Å². The van der Waals surface area contributed by atoms with Crippen molar-refractivity contribution in [1.82, 2.24) is 5.32 Å². The zero-order valence-electron chi connectivity index (χ0n) is 9.17. The van der Waals surface area contributed by atoms with E-state index in [2.05, 4.69) is 21.2 Å². The Morgan fingerprint density at radius 3 is 2.94 bits per heavy atom. The summed E-state index contributed by atoms with van der Waals surface area (Å²) in [5.41, 5.74) is 1.14. The normalized spacial score (nSPS) is 12.2. The summed E-state index contributed by atoms with van der Waals surface area (Å²) in [5.74, 6) is 0.0754. The maximum absolute atomic E-state index is 11.3. The summed E-state index contributed by atoms with van der Waals surface area (Å²) >= 11 is 9.13. The van der Waals surface area contributed by atoms with E-state index in [0.717, 1.165) is 17.0 Å². The van der Waals surface area contributed by atoms with E-state index in [4.69, 9.17) is 11.6 Å². The summed E-state index contributed by atoms with van der Waals surface area (Å²) in [6.07, 6.45) is 1.31. The van der Waals surface area contributed by atoms with E-state index in [1.54, 1.807) is 0 Å². The lowest BCUT2D eigenvalue weighted by Gasteiger charge is -2.13. The molecule has 1 rings (SSSR count). The van der Waals surface area contributed by atoms with Crippen LogP contribution in [0.2, 0.25) is 5.02 Å². The van der Waals surface area contributed by atoms with Gasteiger partial charge in [-0.1, -0.05) is 39.7 Å². The van der Waals surface area contributed by atoms with Gasteiger partial charge >= 0.3 is 0 Å². The van der Waals surface area contributed by atoms with Gasteiger partial charge in [0.25, 0.3) is 0 Å². The minimum absolute atomic E-state index is 0.0754. The second-order valence-electron chi connectivity index (χ2n) is 3.74. The molecule has 1 amide bonds. The molecule has 16 heavy (non-hydrogen) atoms. The van der Waals surface area contributed by atoms with Gasteiger partial charge in [-0.05, 0) is 31.0 Å². The lowest BCUT2D eigenvalue weighted by Crippen LogP contribution is -2.34. The smallest absolute Gasteiger partial charge is 0.221 e. The first-order valence-electron chi connectivity index (χ1n) is 5.21. The Kier molecular flexibility index (Phi) is 5.85. The van der Waals surface area contributed by atoms with E-state index in [0.29, 0.717) is 11.8 Å². The molecule has 0 bridgehead atoms. The molecule has 0 aliphatic carbocycles. The van der Waals surface area contributed by atoms with E-state index in [1.165, 1.54) is 0 Å². The minimum atomic E-state index is 0.0754. The average molecular weight is 305 g/mol. The maximum Gasteiger partial charge on any atom is 0.221 e. The van der Waals surface area contributed by atoms with Gasteiger partial charge in [-0.2, -0.15) is 0 Å². The SMILES string of the molecule is CC(Cc1cccc(Cl)c1)NC(=O)CCBr. The zero-order valence-corrected chi connectivity index (χ0v) is 11.5. The highest BCUT2D eigenvalue weighted by atomic mass is 79.9. The Bertz CT molecular complexity index is 357. The third-order valence-electron chi connectivity index (χ3n) is 2.16. The zero-order chi connectivity index (χ0) is 12.0. The molecular weight excluding hydrogens is 289 g/mol. The van der Waals surface area contributed by atoms with Crippen molar-refractivity contribution in [3.63, 3.8) is 0 Å². The summed E-state index contributed by atoms with van der Waals surface area (Å²) in [6, 6.07) is 7.84. The van der Waals surface area contributed by atoms with E-state index in [9.17, 15) is 4.79 Å². The van der Waals surface area contributed by atoms with Crippen molar-refractivity contribution < 1.29 is 4.79 Å². The molecule has 1 atom stereocenters. The van der Waals surface area contributed by atoms with Crippen LogP contribution >= 0.6 is 27.5 Å². The maximum atomic E-state index is 11.3. The van der Waals surface area contributed by atoms with Gasteiger partial charge in [0.1, 0.15) is 0 Å². The Morgan fingerprint density at radius 2 is 2.31 bits per heavy atom. The predicted octanol–water partition coefficient (Wildman–Crippen LogP) is 3.17. The van der Waals surface area contributed by atoms with Gasteiger partial charge in [-0.15, -0.1) is 0 Å². The van der Waals surface area contributed by atoms with Crippen molar-refractivity contribution in [2.75, 3.05) is 5.33 Å². The number of halogens is 2. The van der Waals surface area contributed by atoms with Crippen LogP contribution in [0.4, 0.5) is 0 Å². The second kappa shape index (κ2) is 6.92. The molecule has 0 aliphatic rings. The van der Waals surface area contributed by atoms with Crippen molar-refractivity contribution >= 4 is 33.4 Å². The first kappa shape index (κ1) is 13.5. The van der Waals surface area contributed by atoms with Crippen molar-refractivity contribution in [3.05, 3.63) is 34.9 Å². The fourth-order valence-electron chi connectivity index (χ4n) is 1.50. The van der Waals surface area contributed by atoms with E-state index < -0.39 is 0 Å². The highest BCUT2D eigenvalue weighted by Crippen LogP contribution is 2.12. The van der Waals surface area contributed by atoms with Crippen LogP contribution in [0.1, 0.15) is 18.9 Å². The number of carbonyl (C=O) groups is 1. The lowest BCUT2D eigenvalue weighted by molar-refractivity contribution is -0.121. The molecule has 0 spiro atoms. The first-order valence-corrected chi connectivity index (χ1v) is 6.71. The van der Waals surface area contributed by atoms with Gasteiger partial charge in [-0.3, -0.25) is 4.79 Å². The van der Waals surface area contributed by atoms with Crippen LogP contribution in [0.25, 0.3) is 0 Å². The molecule has 0 radical (unpaired) electrons. The summed E-state index contributed by atoms with van der Waals surface area (Å²) in [6.45, 7) is 1.99. The molecule has 1 N–H and O–H groups in total. The largest absolute Gasteiger partial charge is 0.353 e. The number of benzene rings is 1. The monoisotopic (exact) mass is 303 g/mol. The third kappa shape index (κ3) is 4.99. The van der Waals surface area contributed by atoms with Crippen molar-refractivity contribution in [3.8, 4) is 0 Å². The number of rotatable bonds is 5. The Balaban J connectivity index is 2.45. The fourth-order valence-corrected chi connectivity index (χ4v) is 2.07. The van der Waals surface area contributed by atoms with Crippen molar-refractivity contribution in [2.24, 2.45) is 0 Å². The van der Waals surface area contributed by atoms with Gasteiger partial charge < -0.3 is 5.32 Å². The number of alkyl halides is 1. The van der Waals surface area contributed by atoms with Gasteiger partial charge in [0.2, 0.25) is 5.91 Å². The number of nitrogens with one attached hydrogen (secondary N) is 1. The highest BCUT2D eigenvalue weighted by molar-refractivity contribution is 9.09. The molecule has 0 heterocycles. The standard InChI is InChI=1S/C12H15BrClNO/c1-9(15-12(16)5-6-13)7-10-3-2-4-11(14)8-10/h2-4,8-9H,5-7H2,1H3,(H,15,16). The number of hydrogen-bond donors (Lipinski definition) is 1. The number of carbonyl (C=O) groups excluding carboxylic acids is 1. The molecular formula is C12H15BrClNO. The molecule has 0 saturated carbocycles. The van der Waals surface area contributed by atoms with E-state index in [-0.39, 0.29) is 11.9 Å². The van der Waals surface area contributed by atoms with Crippen LogP contribution in [-0.2, 0) is 11.2 Å². The molecule has 4 heteroatoms. The van der Waals surface area contributed by atoms with Crippen LogP contribution in [0, 0.1) is 0 Å². The average Bonchev–Trinajstić information content (AvgIpc) is 2.17. The van der Waals surface area contributed by atoms with E-state index >= 15 is 0 Å². The van der Waals surface area contributed by atoms with Gasteiger partial charge in [-0.25, -0.2) is 0 Å². The van der Waals surface area contributed by atoms with Crippen LogP contribution in [0.5, 0.6) is 0 Å². The van der Waals surface area contributed by atoms with E-state index in [1.807, 2.05) is 31.2 Å². The summed E-state index contributed by atoms with van der Waals surface area (Å²) in [5, 5.41) is 4.37. The molecule has 88 valence electrons. The first-order chi connectivity index (χ1) is 7.61. The van der Waals surface area contributed by atoms with Crippen LogP contribution in [-0.4, -0.2) is 17.3 Å². The molecule has 1 aromatic rings. The summed E-state index contributed by atoms with van der Waals surface area (Å²) < 4.78 is 0. The number of amides is 1. The summed E-state index contributed by atoms with van der Waals surface area (Å²) in [4.78, 5) is 11.3. The molecule has 0 fully saturated rings. The molecule has 1 aromatic carbocycles. The fraction of sp³-hybridized carbons (Fsp3) is 0.417. The quantitative estimate of drug-likeness (QED) is 0.832. The Hall–Kier alpha value is -0.540. The molecule has 0 saturated heterocycles. The van der Waals surface area contributed by atoms with Crippen LogP contribution < -0.4 is 5.32 Å². The van der Waals surface area contributed by atoms with Crippen molar-refractivity contribution in [2.45, 2.75) is 25.8 Å². The Morgan fingerprint density at radius 1 is 1.56 bits per heavy atom. The highest BCUT2D eigenvalue weighted by Gasteiger charge is 2.07. The predicted molar refractivity (Wildman–Crippen MR) is 71.2 cm³/mol. The molecule has 2 nitrogen and oxygen atoms in total. The minimum Gasteiger partial charge on any atom is -0.353 e. The van der Waals surface area contributed by atoms with Crippen molar-refractivity contribution in [1.29, 1.82) is 0 Å². The molecule has 0 aromatic heterocycles. The van der Waals surface area contributed by atoms with Gasteiger partial charge in [0.05, 0.1) is 0 Å². The lowest BCUT2D eigenvalue weighted by atomic mass is 10.1. The number of hydrogen-bond acceptors (Lipinski definition) is 1. The Labute approximate surface area is 110 Å². The molecule has 0 aliphatic heterocycles. The molecule has 1 unspecified atom stereocenters. The van der Waals surface area contributed by atoms with Gasteiger partial charge in [0, 0.05) is 22.8 Å².